The van der Waals surface area contributed by atoms with Gasteiger partial charge in [0.1, 0.15) is 5.75 Å². The summed E-state index contributed by atoms with van der Waals surface area (Å²) in [6.45, 7) is 2.66. The second-order valence-corrected chi connectivity index (χ2v) is 8.16. The molecule has 2 atom stereocenters. The van der Waals surface area contributed by atoms with E-state index in [2.05, 4.69) is 25.2 Å². The minimum Gasteiger partial charge on any atom is -0.494 e. The van der Waals surface area contributed by atoms with Crippen LogP contribution in [0.1, 0.15) is 25.7 Å². The van der Waals surface area contributed by atoms with E-state index in [4.69, 9.17) is 4.74 Å². The summed E-state index contributed by atoms with van der Waals surface area (Å²) >= 11 is 0. The Hall–Kier alpha value is -3.03. The first-order valence-electron chi connectivity index (χ1n) is 10.6. The van der Waals surface area contributed by atoms with Crippen LogP contribution in [-0.2, 0) is 0 Å². The van der Waals surface area contributed by atoms with Crippen LogP contribution in [0.25, 0.3) is 5.69 Å². The second-order valence-electron chi connectivity index (χ2n) is 8.16. The smallest absolute Gasteiger partial charge is 0.225 e. The molecule has 30 heavy (non-hydrogen) atoms. The molecule has 0 amide bonds. The van der Waals surface area contributed by atoms with Gasteiger partial charge >= 0.3 is 0 Å². The lowest BCUT2D eigenvalue weighted by molar-refractivity contribution is 0.284. The van der Waals surface area contributed by atoms with E-state index in [1.807, 2.05) is 30.5 Å². The van der Waals surface area contributed by atoms with Crippen LogP contribution in [0.15, 0.2) is 49.1 Å². The summed E-state index contributed by atoms with van der Waals surface area (Å²) in [6.07, 6.45) is 10.7. The van der Waals surface area contributed by atoms with Crippen molar-refractivity contribution < 1.29 is 9.13 Å². The Morgan fingerprint density at radius 1 is 1.07 bits per heavy atom. The van der Waals surface area contributed by atoms with E-state index < -0.39 is 0 Å². The molecule has 0 spiro atoms. The molecule has 8 heteroatoms. The van der Waals surface area contributed by atoms with Crippen LogP contribution in [0.2, 0.25) is 0 Å². The Kier molecular flexibility index (Phi) is 5.29. The Morgan fingerprint density at radius 3 is 2.53 bits per heavy atom. The molecule has 7 nitrogen and oxygen atoms in total. The van der Waals surface area contributed by atoms with Crippen LogP contribution in [0.5, 0.6) is 5.75 Å². The molecule has 0 radical (unpaired) electrons. The predicted octanol–water partition coefficient (Wildman–Crippen LogP) is 3.52. The maximum absolute atomic E-state index is 13.0. The number of hydrogen-bond donors (Lipinski definition) is 0. The summed E-state index contributed by atoms with van der Waals surface area (Å²) in [5.41, 5.74) is 0.972. The van der Waals surface area contributed by atoms with E-state index in [-0.39, 0.29) is 5.82 Å². The number of hydrogen-bond acceptors (Lipinski definition) is 6. The molecular formula is C22H25FN6O. The number of benzene rings is 1. The van der Waals surface area contributed by atoms with Crippen molar-refractivity contribution in [1.29, 1.82) is 0 Å². The number of halogens is 1. The van der Waals surface area contributed by atoms with E-state index in [0.29, 0.717) is 5.95 Å². The van der Waals surface area contributed by atoms with Gasteiger partial charge in [-0.1, -0.05) is 5.21 Å². The highest BCUT2D eigenvalue weighted by molar-refractivity contribution is 5.36. The third-order valence-electron chi connectivity index (χ3n) is 6.29. The molecule has 0 bridgehead atoms. The first kappa shape index (κ1) is 19.0. The summed E-state index contributed by atoms with van der Waals surface area (Å²) in [4.78, 5) is 10.4. The van der Waals surface area contributed by atoms with Gasteiger partial charge in [-0.2, -0.15) is 0 Å². The molecule has 1 aliphatic carbocycles. The number of nitrogens with zero attached hydrogens (tertiary/aromatic N) is 6. The van der Waals surface area contributed by atoms with Crippen LogP contribution in [0, 0.1) is 23.6 Å². The quantitative estimate of drug-likeness (QED) is 0.596. The van der Waals surface area contributed by atoms with Crippen LogP contribution < -0.4 is 9.64 Å². The number of aromatic nitrogens is 5. The molecule has 1 saturated carbocycles. The van der Waals surface area contributed by atoms with Gasteiger partial charge < -0.3 is 9.64 Å². The number of anilines is 1. The normalized spacial score (nSPS) is 21.6. The molecule has 3 heterocycles. The number of rotatable bonds is 7. The van der Waals surface area contributed by atoms with Gasteiger partial charge in [0.2, 0.25) is 5.95 Å². The first-order valence-corrected chi connectivity index (χ1v) is 10.6. The van der Waals surface area contributed by atoms with Crippen molar-refractivity contribution in [3.05, 3.63) is 54.9 Å². The molecule has 1 aliphatic heterocycles. The largest absolute Gasteiger partial charge is 0.494 e. The van der Waals surface area contributed by atoms with Gasteiger partial charge in [-0.05, 0) is 67.7 Å². The zero-order valence-corrected chi connectivity index (χ0v) is 16.8. The lowest BCUT2D eigenvalue weighted by atomic mass is 9.90. The molecule has 2 unspecified atom stereocenters. The Balaban J connectivity index is 1.03. The fraction of sp³-hybridized carbons (Fsp3) is 0.455. The van der Waals surface area contributed by atoms with Crippen LogP contribution in [-0.4, -0.2) is 44.7 Å². The molecule has 1 saturated heterocycles. The molecule has 1 aromatic carbocycles. The molecule has 156 valence electrons. The highest BCUT2D eigenvalue weighted by Crippen LogP contribution is 2.49. The van der Waals surface area contributed by atoms with Gasteiger partial charge in [-0.15, -0.1) is 5.10 Å². The number of piperidine rings is 1. The van der Waals surface area contributed by atoms with E-state index in [9.17, 15) is 4.39 Å². The summed E-state index contributed by atoms with van der Waals surface area (Å²) < 4.78 is 20.7. The highest BCUT2D eigenvalue weighted by atomic mass is 19.1. The summed E-state index contributed by atoms with van der Waals surface area (Å²) in [5, 5.41) is 7.81. The van der Waals surface area contributed by atoms with Gasteiger partial charge in [0.15, 0.2) is 5.82 Å². The maximum Gasteiger partial charge on any atom is 0.225 e. The molecule has 5 rings (SSSR count). The van der Waals surface area contributed by atoms with Crippen molar-refractivity contribution in [2.24, 2.45) is 17.8 Å². The predicted molar refractivity (Wildman–Crippen MR) is 110 cm³/mol. The molecule has 2 fully saturated rings. The third-order valence-corrected chi connectivity index (χ3v) is 6.29. The Morgan fingerprint density at radius 2 is 1.83 bits per heavy atom. The molecule has 2 aliphatic rings. The van der Waals surface area contributed by atoms with Crippen LogP contribution >= 0.6 is 0 Å². The van der Waals surface area contributed by atoms with E-state index in [0.717, 1.165) is 68.1 Å². The zero-order chi connectivity index (χ0) is 20.3. The second kappa shape index (κ2) is 8.38. The van der Waals surface area contributed by atoms with E-state index in [1.165, 1.54) is 18.8 Å². The van der Waals surface area contributed by atoms with Crippen LogP contribution in [0.3, 0.4) is 0 Å². The van der Waals surface area contributed by atoms with Crippen molar-refractivity contribution in [3.63, 3.8) is 0 Å². The maximum atomic E-state index is 13.0. The fourth-order valence-electron chi connectivity index (χ4n) is 4.55. The van der Waals surface area contributed by atoms with Gasteiger partial charge in [0, 0.05) is 13.1 Å². The molecule has 2 aromatic heterocycles. The van der Waals surface area contributed by atoms with Gasteiger partial charge in [-0.25, -0.2) is 19.0 Å². The Labute approximate surface area is 174 Å². The topological polar surface area (TPSA) is 69.0 Å². The average molecular weight is 408 g/mol. The van der Waals surface area contributed by atoms with Crippen molar-refractivity contribution >= 4 is 5.95 Å². The lowest BCUT2D eigenvalue weighted by Gasteiger charge is -2.32. The SMILES string of the molecule is Fc1cnc(N2CCC(C3CC3CCOc3ccc(-n4ccnn4)cc3)CC2)nc1. The van der Waals surface area contributed by atoms with Crippen molar-refractivity contribution in [3.8, 4) is 11.4 Å². The first-order chi connectivity index (χ1) is 14.8. The highest BCUT2D eigenvalue weighted by Gasteiger charge is 2.43. The summed E-state index contributed by atoms with van der Waals surface area (Å²) in [6, 6.07) is 7.94. The fourth-order valence-corrected chi connectivity index (χ4v) is 4.55. The van der Waals surface area contributed by atoms with Gasteiger partial charge in [0.25, 0.3) is 0 Å². The lowest BCUT2D eigenvalue weighted by Crippen LogP contribution is -2.35. The van der Waals surface area contributed by atoms with Crippen molar-refractivity contribution in [1.82, 2.24) is 25.0 Å². The molecule has 0 N–H and O–H groups in total. The standard InChI is InChI=1S/C22H25FN6O/c23-18-14-24-22(25-15-18)28-9-5-16(6-10-28)21-13-17(21)7-12-30-20-3-1-19(2-4-20)29-11-8-26-27-29/h1-4,8,11,14-17,21H,5-7,9-10,12-13H2. The van der Waals surface area contributed by atoms with Gasteiger partial charge in [0.05, 0.1) is 37.1 Å². The average Bonchev–Trinajstić information content (AvgIpc) is 3.34. The summed E-state index contributed by atoms with van der Waals surface area (Å²) in [7, 11) is 0. The Bertz CT molecular complexity index is 939. The minimum atomic E-state index is -0.386. The van der Waals surface area contributed by atoms with Crippen molar-refractivity contribution in [2.75, 3.05) is 24.6 Å². The third kappa shape index (κ3) is 4.27. The molecule has 3 aromatic rings. The zero-order valence-electron chi connectivity index (χ0n) is 16.8. The monoisotopic (exact) mass is 408 g/mol. The minimum absolute atomic E-state index is 0.386. The van der Waals surface area contributed by atoms with Crippen LogP contribution in [0.4, 0.5) is 10.3 Å². The van der Waals surface area contributed by atoms with E-state index >= 15 is 0 Å². The van der Waals surface area contributed by atoms with E-state index in [1.54, 1.807) is 10.9 Å². The number of ether oxygens (including phenoxy) is 1. The molecular weight excluding hydrogens is 383 g/mol. The van der Waals surface area contributed by atoms with Crippen molar-refractivity contribution in [2.45, 2.75) is 25.7 Å². The summed E-state index contributed by atoms with van der Waals surface area (Å²) in [5.74, 6) is 3.52. The van der Waals surface area contributed by atoms with Gasteiger partial charge in [-0.3, -0.25) is 0 Å².